The zero-order valence-electron chi connectivity index (χ0n) is 16.6. The van der Waals surface area contributed by atoms with Gasteiger partial charge in [-0.15, -0.1) is 0 Å². The molecule has 154 valence electrons. The molecule has 0 radical (unpaired) electrons. The van der Waals surface area contributed by atoms with Crippen molar-refractivity contribution in [2.24, 2.45) is 0 Å². The Morgan fingerprint density at radius 2 is 2.13 bits per heavy atom. The van der Waals surface area contributed by atoms with E-state index in [9.17, 15) is 9.90 Å². The van der Waals surface area contributed by atoms with Gasteiger partial charge in [-0.1, -0.05) is 6.07 Å². The number of hydrogen-bond acceptors (Lipinski definition) is 9. The third-order valence-corrected chi connectivity index (χ3v) is 4.43. The number of aliphatic hydroxyl groups excluding tert-OH is 1. The monoisotopic (exact) mass is 407 g/mol. The van der Waals surface area contributed by atoms with Gasteiger partial charge in [0.25, 0.3) is 5.91 Å². The van der Waals surface area contributed by atoms with Crippen LogP contribution in [0, 0.1) is 6.92 Å². The summed E-state index contributed by atoms with van der Waals surface area (Å²) in [6.45, 7) is 4.45. The Morgan fingerprint density at radius 3 is 2.93 bits per heavy atom. The topological polar surface area (TPSA) is 126 Å². The summed E-state index contributed by atoms with van der Waals surface area (Å²) in [5.41, 5.74) is 1.77. The van der Waals surface area contributed by atoms with Crippen molar-refractivity contribution in [3.63, 3.8) is 0 Å². The van der Waals surface area contributed by atoms with Crippen LogP contribution in [0.4, 0.5) is 11.6 Å². The van der Waals surface area contributed by atoms with Crippen LogP contribution in [-0.2, 0) is 0 Å². The molecule has 4 rings (SSSR count). The first-order valence-electron chi connectivity index (χ1n) is 9.50. The Bertz CT molecular complexity index is 1070. The molecule has 0 fully saturated rings. The van der Waals surface area contributed by atoms with Crippen molar-refractivity contribution < 1.29 is 14.6 Å². The lowest BCUT2D eigenvalue weighted by atomic mass is 10.2. The molecule has 1 unspecified atom stereocenters. The van der Waals surface area contributed by atoms with Crippen molar-refractivity contribution in [2.75, 3.05) is 24.6 Å². The van der Waals surface area contributed by atoms with Gasteiger partial charge in [0.15, 0.2) is 23.2 Å². The number of anilines is 2. The van der Waals surface area contributed by atoms with Crippen molar-refractivity contribution >= 4 is 17.5 Å². The highest BCUT2D eigenvalue weighted by molar-refractivity contribution is 5.99. The lowest BCUT2D eigenvalue weighted by molar-refractivity contribution is 0.0924. The second-order valence-corrected chi connectivity index (χ2v) is 6.86. The number of hydrogen-bond donors (Lipinski definition) is 2. The molecule has 3 aromatic heterocycles. The number of aryl methyl sites for hydroxylation is 1. The SMILES string of the molecule is Cc1cccc(-c2ncc3c(n2)N(c2ncncc2C(=O)NCC(C)O)CCO3)n1. The molecule has 3 aromatic rings. The third kappa shape index (κ3) is 4.03. The predicted molar refractivity (Wildman–Crippen MR) is 109 cm³/mol. The first-order valence-corrected chi connectivity index (χ1v) is 9.50. The van der Waals surface area contributed by atoms with E-state index in [2.05, 4.69) is 30.2 Å². The average molecular weight is 407 g/mol. The van der Waals surface area contributed by atoms with Gasteiger partial charge < -0.3 is 20.1 Å². The number of nitrogens with zero attached hydrogens (tertiary/aromatic N) is 6. The number of carbonyl (C=O) groups excluding carboxylic acids is 1. The standard InChI is InChI=1S/C20H21N7O3/c1-12-4-3-5-15(25-12)17-22-10-16-19(26-17)27(6-7-30-16)18-14(9-21-11-24-18)20(29)23-8-13(2)28/h3-5,9-11,13,28H,6-8H2,1-2H3,(H,23,29). The minimum Gasteiger partial charge on any atom is -0.486 e. The number of fused-ring (bicyclic) bond motifs is 1. The highest BCUT2D eigenvalue weighted by atomic mass is 16.5. The van der Waals surface area contributed by atoms with Crippen LogP contribution in [0.5, 0.6) is 5.75 Å². The summed E-state index contributed by atoms with van der Waals surface area (Å²) >= 11 is 0. The molecule has 0 saturated carbocycles. The van der Waals surface area contributed by atoms with Gasteiger partial charge >= 0.3 is 0 Å². The van der Waals surface area contributed by atoms with E-state index in [1.807, 2.05) is 25.1 Å². The molecule has 0 bridgehead atoms. The predicted octanol–water partition coefficient (Wildman–Crippen LogP) is 1.28. The summed E-state index contributed by atoms with van der Waals surface area (Å²) < 4.78 is 5.71. The molecule has 1 aliphatic heterocycles. The number of pyridine rings is 1. The molecule has 0 saturated heterocycles. The van der Waals surface area contributed by atoms with Gasteiger partial charge in [0.05, 0.1) is 18.8 Å². The molecule has 30 heavy (non-hydrogen) atoms. The molecule has 0 aliphatic carbocycles. The van der Waals surface area contributed by atoms with Crippen LogP contribution in [0.25, 0.3) is 11.5 Å². The summed E-state index contributed by atoms with van der Waals surface area (Å²) in [6.07, 6.45) is 3.75. The maximum absolute atomic E-state index is 12.6. The van der Waals surface area contributed by atoms with Crippen molar-refractivity contribution in [3.8, 4) is 17.3 Å². The fourth-order valence-electron chi connectivity index (χ4n) is 3.04. The normalized spacial score (nSPS) is 13.9. The fourth-order valence-corrected chi connectivity index (χ4v) is 3.04. The minimum atomic E-state index is -0.664. The average Bonchev–Trinajstić information content (AvgIpc) is 2.76. The van der Waals surface area contributed by atoms with Crippen LogP contribution in [0.3, 0.4) is 0 Å². The van der Waals surface area contributed by atoms with Gasteiger partial charge in [-0.3, -0.25) is 4.79 Å². The molecule has 4 heterocycles. The number of amides is 1. The van der Waals surface area contributed by atoms with Gasteiger partial charge in [-0.05, 0) is 26.0 Å². The largest absolute Gasteiger partial charge is 0.486 e. The van der Waals surface area contributed by atoms with E-state index in [4.69, 9.17) is 4.74 Å². The highest BCUT2D eigenvalue weighted by Crippen LogP contribution is 2.35. The molecule has 1 amide bonds. The van der Waals surface area contributed by atoms with Gasteiger partial charge in [-0.2, -0.15) is 0 Å². The maximum Gasteiger partial charge on any atom is 0.256 e. The van der Waals surface area contributed by atoms with Crippen LogP contribution >= 0.6 is 0 Å². The zero-order valence-corrected chi connectivity index (χ0v) is 16.6. The van der Waals surface area contributed by atoms with Gasteiger partial charge in [-0.25, -0.2) is 24.9 Å². The fraction of sp³-hybridized carbons (Fsp3) is 0.300. The van der Waals surface area contributed by atoms with Crippen LogP contribution in [-0.4, -0.2) is 61.7 Å². The summed E-state index contributed by atoms with van der Waals surface area (Å²) in [6, 6.07) is 5.63. The Kier molecular flexibility index (Phi) is 5.48. The smallest absolute Gasteiger partial charge is 0.256 e. The molecule has 1 atom stereocenters. The quantitative estimate of drug-likeness (QED) is 0.643. The van der Waals surface area contributed by atoms with E-state index in [-0.39, 0.29) is 18.0 Å². The Balaban J connectivity index is 1.73. The van der Waals surface area contributed by atoms with Crippen molar-refractivity contribution in [1.29, 1.82) is 0 Å². The Morgan fingerprint density at radius 1 is 1.27 bits per heavy atom. The van der Waals surface area contributed by atoms with E-state index in [1.165, 1.54) is 12.5 Å². The highest BCUT2D eigenvalue weighted by Gasteiger charge is 2.27. The van der Waals surface area contributed by atoms with Crippen molar-refractivity contribution in [2.45, 2.75) is 20.0 Å². The minimum absolute atomic E-state index is 0.123. The molecule has 10 heteroatoms. The van der Waals surface area contributed by atoms with Gasteiger partial charge in [0, 0.05) is 18.4 Å². The van der Waals surface area contributed by atoms with Crippen LogP contribution in [0.15, 0.2) is 36.9 Å². The van der Waals surface area contributed by atoms with Crippen LogP contribution in [0.2, 0.25) is 0 Å². The third-order valence-electron chi connectivity index (χ3n) is 4.43. The second kappa shape index (κ2) is 8.37. The Hall–Kier alpha value is -3.66. The molecule has 2 N–H and O–H groups in total. The number of nitrogens with one attached hydrogen (secondary N) is 1. The Labute approximate surface area is 173 Å². The number of rotatable bonds is 5. The van der Waals surface area contributed by atoms with E-state index < -0.39 is 6.10 Å². The maximum atomic E-state index is 12.6. The molecule has 0 aromatic carbocycles. The summed E-state index contributed by atoms with van der Waals surface area (Å²) in [5.74, 6) is 1.46. The van der Waals surface area contributed by atoms with E-state index in [1.54, 1.807) is 18.0 Å². The van der Waals surface area contributed by atoms with E-state index in [0.29, 0.717) is 42.1 Å². The van der Waals surface area contributed by atoms with Crippen LogP contribution < -0.4 is 15.0 Å². The van der Waals surface area contributed by atoms with E-state index >= 15 is 0 Å². The summed E-state index contributed by atoms with van der Waals surface area (Å²) in [5, 5.41) is 12.1. The first-order chi connectivity index (χ1) is 14.5. The molecule has 1 aliphatic rings. The lowest BCUT2D eigenvalue weighted by Gasteiger charge is -2.30. The van der Waals surface area contributed by atoms with E-state index in [0.717, 1.165) is 5.69 Å². The van der Waals surface area contributed by atoms with Crippen molar-refractivity contribution in [3.05, 3.63) is 48.2 Å². The molecular weight excluding hydrogens is 386 g/mol. The van der Waals surface area contributed by atoms with Gasteiger partial charge in [0.2, 0.25) is 0 Å². The first kappa shape index (κ1) is 19.6. The summed E-state index contributed by atoms with van der Waals surface area (Å²) in [4.78, 5) is 36.3. The number of carbonyl (C=O) groups is 1. The molecule has 10 nitrogen and oxygen atoms in total. The number of aliphatic hydroxyl groups is 1. The number of ether oxygens (including phenoxy) is 1. The lowest BCUT2D eigenvalue weighted by Crippen LogP contribution is -2.35. The molecule has 0 spiro atoms. The summed E-state index contributed by atoms with van der Waals surface area (Å²) in [7, 11) is 0. The second-order valence-electron chi connectivity index (χ2n) is 6.86. The van der Waals surface area contributed by atoms with Gasteiger partial charge in [0.1, 0.15) is 24.2 Å². The molecular formula is C20H21N7O3. The zero-order chi connectivity index (χ0) is 21.1. The van der Waals surface area contributed by atoms with Crippen molar-refractivity contribution in [1.82, 2.24) is 30.2 Å². The van der Waals surface area contributed by atoms with Crippen LogP contribution in [0.1, 0.15) is 23.0 Å². The number of aromatic nitrogens is 5.